The van der Waals surface area contributed by atoms with E-state index in [-0.39, 0.29) is 19.0 Å². The van der Waals surface area contributed by atoms with Crippen molar-refractivity contribution in [3.63, 3.8) is 0 Å². The van der Waals surface area contributed by atoms with Crippen LogP contribution in [-0.4, -0.2) is 38.9 Å². The number of hydrogen-bond acceptors (Lipinski definition) is 7. The molecule has 3 aromatic rings. The van der Waals surface area contributed by atoms with Crippen LogP contribution in [0.3, 0.4) is 0 Å². The normalized spacial score (nSPS) is 10.2. The van der Waals surface area contributed by atoms with Crippen molar-refractivity contribution in [2.45, 2.75) is 26.4 Å². The number of urea groups is 1. The van der Waals surface area contributed by atoms with E-state index in [2.05, 4.69) is 20.7 Å². The Morgan fingerprint density at radius 2 is 1.63 bits per heavy atom. The number of para-hydroxylation sites is 1. The van der Waals surface area contributed by atoms with E-state index in [9.17, 15) is 14.4 Å². The summed E-state index contributed by atoms with van der Waals surface area (Å²) in [6.07, 6.45) is 0.154. The molecule has 0 fully saturated rings. The van der Waals surface area contributed by atoms with Crippen LogP contribution in [0.4, 0.5) is 26.7 Å². The molecule has 0 saturated carbocycles. The molecule has 0 heterocycles. The minimum absolute atomic E-state index is 0.0288. The number of nitrogens with one attached hydrogen (secondary N) is 3. The summed E-state index contributed by atoms with van der Waals surface area (Å²) in [4.78, 5) is 35.9. The van der Waals surface area contributed by atoms with E-state index in [1.165, 1.54) is 14.2 Å². The van der Waals surface area contributed by atoms with Crippen LogP contribution in [0.1, 0.15) is 24.0 Å². The molecule has 3 rings (SSSR count). The number of carbonyl (C=O) groups is 3. The number of rotatable bonds is 11. The molecular formula is C28H31N3O7. The summed E-state index contributed by atoms with van der Waals surface area (Å²) in [5.41, 5.74) is 3.23. The number of ether oxygens (including phenoxy) is 4. The van der Waals surface area contributed by atoms with Crippen LogP contribution in [0.25, 0.3) is 0 Å². The average molecular weight is 522 g/mol. The number of anilines is 3. The van der Waals surface area contributed by atoms with E-state index in [1.807, 2.05) is 31.2 Å². The first kappa shape index (κ1) is 27.9. The zero-order chi connectivity index (χ0) is 27.3. The summed E-state index contributed by atoms with van der Waals surface area (Å²) in [7, 11) is 2.81. The van der Waals surface area contributed by atoms with Gasteiger partial charge in [0.15, 0.2) is 0 Å². The maximum atomic E-state index is 12.4. The van der Waals surface area contributed by atoms with Gasteiger partial charge in [-0.1, -0.05) is 30.3 Å². The van der Waals surface area contributed by atoms with Crippen molar-refractivity contribution < 1.29 is 33.3 Å². The number of hydrogen-bond donors (Lipinski definition) is 3. The van der Waals surface area contributed by atoms with Gasteiger partial charge in [-0.25, -0.2) is 9.59 Å². The van der Waals surface area contributed by atoms with Gasteiger partial charge in [0, 0.05) is 23.9 Å². The predicted octanol–water partition coefficient (Wildman–Crippen LogP) is 5.73. The predicted molar refractivity (Wildman–Crippen MR) is 144 cm³/mol. The molecule has 0 aliphatic carbocycles. The van der Waals surface area contributed by atoms with Gasteiger partial charge in [-0.3, -0.25) is 10.1 Å². The van der Waals surface area contributed by atoms with E-state index >= 15 is 0 Å². The SMILES string of the molecule is COC(=O)CCCOc1cccc(COC(=O)Nc2ccc(NC(=O)Nc3ccccc3C)c(OC)c2)c1. The van der Waals surface area contributed by atoms with Crippen LogP contribution in [0.15, 0.2) is 66.7 Å². The first-order valence-electron chi connectivity index (χ1n) is 11.9. The molecule has 3 aromatic carbocycles. The molecule has 0 saturated heterocycles. The molecular weight excluding hydrogens is 490 g/mol. The van der Waals surface area contributed by atoms with Crippen molar-refractivity contribution in [2.75, 3.05) is 36.8 Å². The molecule has 0 bridgehead atoms. The largest absolute Gasteiger partial charge is 0.494 e. The third-order valence-corrected chi connectivity index (χ3v) is 5.38. The number of amides is 3. The van der Waals surface area contributed by atoms with Crippen molar-refractivity contribution in [2.24, 2.45) is 0 Å². The lowest BCUT2D eigenvalue weighted by Crippen LogP contribution is -2.20. The lowest BCUT2D eigenvalue weighted by atomic mass is 10.2. The first-order chi connectivity index (χ1) is 18.4. The fourth-order valence-corrected chi connectivity index (χ4v) is 3.40. The molecule has 0 aromatic heterocycles. The quantitative estimate of drug-likeness (QED) is 0.217. The van der Waals surface area contributed by atoms with Gasteiger partial charge in [0.1, 0.15) is 18.1 Å². The van der Waals surface area contributed by atoms with Crippen molar-refractivity contribution in [1.29, 1.82) is 0 Å². The van der Waals surface area contributed by atoms with Gasteiger partial charge >= 0.3 is 18.1 Å². The highest BCUT2D eigenvalue weighted by molar-refractivity contribution is 6.01. The van der Waals surface area contributed by atoms with Crippen LogP contribution in [-0.2, 0) is 20.9 Å². The molecule has 10 nitrogen and oxygen atoms in total. The second-order valence-corrected chi connectivity index (χ2v) is 8.19. The van der Waals surface area contributed by atoms with Gasteiger partial charge in [-0.05, 0) is 54.8 Å². The van der Waals surface area contributed by atoms with Crippen molar-refractivity contribution in [3.8, 4) is 11.5 Å². The summed E-state index contributed by atoms with van der Waals surface area (Å²) in [5.74, 6) is 0.685. The Kier molecular flexibility index (Phi) is 10.3. The molecule has 0 aliphatic heterocycles. The molecule has 0 radical (unpaired) electrons. The van der Waals surface area contributed by atoms with Crippen LogP contribution in [0.5, 0.6) is 11.5 Å². The average Bonchev–Trinajstić information content (AvgIpc) is 2.92. The Morgan fingerprint density at radius 1 is 0.842 bits per heavy atom. The lowest BCUT2D eigenvalue weighted by molar-refractivity contribution is -0.140. The van der Waals surface area contributed by atoms with E-state index in [0.717, 1.165) is 11.1 Å². The number of carbonyl (C=O) groups excluding carboxylic acids is 3. The summed E-state index contributed by atoms with van der Waals surface area (Å²) < 4.78 is 20.9. The van der Waals surface area contributed by atoms with Crippen molar-refractivity contribution in [1.82, 2.24) is 0 Å². The highest BCUT2D eigenvalue weighted by atomic mass is 16.5. The maximum absolute atomic E-state index is 12.4. The zero-order valence-electron chi connectivity index (χ0n) is 21.5. The molecule has 0 spiro atoms. The molecule has 0 aliphatic rings. The van der Waals surface area contributed by atoms with Gasteiger partial charge in [0.25, 0.3) is 0 Å². The van der Waals surface area contributed by atoms with Crippen LogP contribution in [0, 0.1) is 6.92 Å². The Bertz CT molecular complexity index is 1260. The lowest BCUT2D eigenvalue weighted by Gasteiger charge is -2.14. The van der Waals surface area contributed by atoms with Gasteiger partial charge < -0.3 is 29.6 Å². The topological polar surface area (TPSA) is 124 Å². The van der Waals surface area contributed by atoms with Crippen molar-refractivity contribution in [3.05, 3.63) is 77.9 Å². The molecule has 3 N–H and O–H groups in total. The Morgan fingerprint density at radius 3 is 2.39 bits per heavy atom. The van der Waals surface area contributed by atoms with E-state index < -0.39 is 12.1 Å². The second kappa shape index (κ2) is 14.1. The van der Waals surface area contributed by atoms with Crippen molar-refractivity contribution >= 4 is 35.2 Å². The summed E-state index contributed by atoms with van der Waals surface area (Å²) in [6.45, 7) is 2.29. The highest BCUT2D eigenvalue weighted by Gasteiger charge is 2.12. The van der Waals surface area contributed by atoms with E-state index in [1.54, 1.807) is 42.5 Å². The molecule has 0 atom stereocenters. The maximum Gasteiger partial charge on any atom is 0.411 e. The summed E-state index contributed by atoms with van der Waals surface area (Å²) in [5, 5.41) is 8.18. The third-order valence-electron chi connectivity index (χ3n) is 5.38. The number of methoxy groups -OCH3 is 2. The molecule has 3 amide bonds. The minimum atomic E-state index is -0.658. The summed E-state index contributed by atoms with van der Waals surface area (Å²) in [6, 6.07) is 19.0. The number of esters is 1. The van der Waals surface area contributed by atoms with Gasteiger partial charge in [0.2, 0.25) is 0 Å². The Hall–Kier alpha value is -4.73. The van der Waals surface area contributed by atoms with Gasteiger partial charge in [-0.15, -0.1) is 0 Å². The van der Waals surface area contributed by atoms with Crippen LogP contribution < -0.4 is 25.4 Å². The van der Waals surface area contributed by atoms with Gasteiger partial charge in [0.05, 0.1) is 26.5 Å². The molecule has 10 heteroatoms. The fraction of sp³-hybridized carbons (Fsp3) is 0.250. The second-order valence-electron chi connectivity index (χ2n) is 8.19. The highest BCUT2D eigenvalue weighted by Crippen LogP contribution is 2.28. The fourth-order valence-electron chi connectivity index (χ4n) is 3.40. The standard InChI is InChI=1S/C28H31N3O7/c1-19-8-4-5-11-23(19)30-27(33)31-24-14-13-21(17-25(24)35-2)29-28(34)38-18-20-9-6-10-22(16-20)37-15-7-12-26(32)36-3/h4-6,8-11,13-14,16-17H,7,12,15,18H2,1-3H3,(H,29,34)(H2,30,31,33). The number of aryl methyl sites for hydroxylation is 1. The third kappa shape index (κ3) is 8.74. The zero-order valence-corrected chi connectivity index (χ0v) is 21.5. The van der Waals surface area contributed by atoms with Crippen LogP contribution >= 0.6 is 0 Å². The first-order valence-corrected chi connectivity index (χ1v) is 11.9. The monoisotopic (exact) mass is 521 g/mol. The smallest absolute Gasteiger partial charge is 0.411 e. The summed E-state index contributed by atoms with van der Waals surface area (Å²) >= 11 is 0. The Labute approximate surface area is 221 Å². The number of benzene rings is 3. The Balaban J connectivity index is 1.49. The molecule has 200 valence electrons. The molecule has 38 heavy (non-hydrogen) atoms. The molecule has 0 unspecified atom stereocenters. The van der Waals surface area contributed by atoms with Crippen LogP contribution in [0.2, 0.25) is 0 Å². The van der Waals surface area contributed by atoms with Gasteiger partial charge in [-0.2, -0.15) is 0 Å². The van der Waals surface area contributed by atoms with E-state index in [4.69, 9.17) is 14.2 Å². The van der Waals surface area contributed by atoms with E-state index in [0.29, 0.717) is 41.6 Å². The minimum Gasteiger partial charge on any atom is -0.494 e.